The zero-order valence-electron chi connectivity index (χ0n) is 18.4. The van der Waals surface area contributed by atoms with E-state index in [-0.39, 0.29) is 12.0 Å². The predicted octanol–water partition coefficient (Wildman–Crippen LogP) is 5.05. The number of likely N-dealkylation sites (N-methyl/N-ethyl adjacent to an activating group) is 1. The van der Waals surface area contributed by atoms with Crippen LogP contribution in [-0.2, 0) is 6.54 Å². The molecule has 1 saturated carbocycles. The first-order valence-corrected chi connectivity index (χ1v) is 11.2. The van der Waals surface area contributed by atoms with Crippen molar-refractivity contribution in [1.29, 1.82) is 0 Å². The number of hydrogen-bond acceptors (Lipinski definition) is 3. The van der Waals surface area contributed by atoms with Gasteiger partial charge in [0, 0.05) is 30.8 Å². The average molecular weight is 400 g/mol. The standard InChI is InChI=1S/C25H38FN3/c1-4-6-8-15-22(5-2)25(28-18-21-13-9-7-10-14-21)29(3)20-27-19-23-16-11-12-17-24(23)26/h5,11-12,16-17,21,25,27-28H,4,6-7,9-10,13-14,18-20H2,1-3H3/b22-5-. The summed E-state index contributed by atoms with van der Waals surface area (Å²) >= 11 is 0. The van der Waals surface area contributed by atoms with Gasteiger partial charge in [-0.1, -0.05) is 62.3 Å². The smallest absolute Gasteiger partial charge is 0.127 e. The quantitative estimate of drug-likeness (QED) is 0.426. The number of benzene rings is 1. The lowest BCUT2D eigenvalue weighted by Crippen LogP contribution is -2.49. The zero-order valence-corrected chi connectivity index (χ0v) is 18.4. The molecule has 0 aromatic heterocycles. The molecular weight excluding hydrogens is 361 g/mol. The predicted molar refractivity (Wildman–Crippen MR) is 121 cm³/mol. The molecule has 4 heteroatoms. The van der Waals surface area contributed by atoms with Crippen LogP contribution in [0.25, 0.3) is 0 Å². The first kappa shape index (κ1) is 23.6. The van der Waals surface area contributed by atoms with E-state index in [9.17, 15) is 4.39 Å². The molecule has 1 unspecified atom stereocenters. The van der Waals surface area contributed by atoms with Crippen LogP contribution in [0.4, 0.5) is 4.39 Å². The van der Waals surface area contributed by atoms with Crippen molar-refractivity contribution in [1.82, 2.24) is 15.5 Å². The van der Waals surface area contributed by atoms with Crippen molar-refractivity contribution in [2.75, 3.05) is 20.3 Å². The van der Waals surface area contributed by atoms with Gasteiger partial charge in [0.2, 0.25) is 0 Å². The Morgan fingerprint density at radius 3 is 2.72 bits per heavy atom. The van der Waals surface area contributed by atoms with Crippen molar-refractivity contribution in [3.05, 3.63) is 47.3 Å². The Morgan fingerprint density at radius 2 is 2.03 bits per heavy atom. The van der Waals surface area contributed by atoms with Gasteiger partial charge in [-0.3, -0.25) is 10.2 Å². The minimum atomic E-state index is -0.158. The van der Waals surface area contributed by atoms with Gasteiger partial charge < -0.3 is 5.32 Å². The van der Waals surface area contributed by atoms with Gasteiger partial charge in [0.15, 0.2) is 0 Å². The van der Waals surface area contributed by atoms with Crippen molar-refractivity contribution in [3.8, 4) is 11.8 Å². The molecule has 1 aliphatic rings. The Hall–Kier alpha value is -1.67. The molecule has 1 atom stereocenters. The minimum absolute atomic E-state index is 0.0689. The van der Waals surface area contributed by atoms with Gasteiger partial charge in [0.05, 0.1) is 6.17 Å². The molecule has 2 rings (SSSR count). The Morgan fingerprint density at radius 1 is 1.28 bits per heavy atom. The summed E-state index contributed by atoms with van der Waals surface area (Å²) in [5.74, 6) is 7.27. The fourth-order valence-electron chi connectivity index (χ4n) is 3.86. The third kappa shape index (κ3) is 8.30. The first-order valence-electron chi connectivity index (χ1n) is 11.2. The average Bonchev–Trinajstić information content (AvgIpc) is 2.74. The van der Waals surface area contributed by atoms with Crippen LogP contribution < -0.4 is 10.6 Å². The van der Waals surface area contributed by atoms with E-state index in [4.69, 9.17) is 0 Å². The number of unbranched alkanes of at least 4 members (excludes halogenated alkanes) is 1. The fraction of sp³-hybridized carbons (Fsp3) is 0.600. The summed E-state index contributed by atoms with van der Waals surface area (Å²) in [7, 11) is 2.10. The Bertz CT molecular complexity index is 683. The Labute approximate surface area is 177 Å². The summed E-state index contributed by atoms with van der Waals surface area (Å²) in [6, 6.07) is 6.94. The van der Waals surface area contributed by atoms with Gasteiger partial charge >= 0.3 is 0 Å². The number of nitrogens with one attached hydrogen (secondary N) is 2. The van der Waals surface area contributed by atoms with Gasteiger partial charge in [-0.05, 0) is 51.8 Å². The zero-order chi connectivity index (χ0) is 20.9. The number of rotatable bonds is 10. The van der Waals surface area contributed by atoms with Gasteiger partial charge in [-0.15, -0.1) is 0 Å². The van der Waals surface area contributed by atoms with E-state index in [0.717, 1.165) is 30.9 Å². The second-order valence-electron chi connectivity index (χ2n) is 8.04. The SMILES string of the molecule is C/C=C(/C#CCCC)C(NCC1CCCCC1)N(C)CNCc1ccccc1F. The lowest BCUT2D eigenvalue weighted by atomic mass is 9.89. The van der Waals surface area contributed by atoms with Crippen molar-refractivity contribution in [2.24, 2.45) is 5.92 Å². The van der Waals surface area contributed by atoms with E-state index in [2.05, 4.69) is 54.3 Å². The van der Waals surface area contributed by atoms with E-state index in [1.807, 2.05) is 12.1 Å². The van der Waals surface area contributed by atoms with E-state index in [0.29, 0.717) is 18.8 Å². The highest BCUT2D eigenvalue weighted by molar-refractivity contribution is 5.32. The highest BCUT2D eigenvalue weighted by Crippen LogP contribution is 2.23. The van der Waals surface area contributed by atoms with Gasteiger partial charge in [0.1, 0.15) is 5.82 Å². The summed E-state index contributed by atoms with van der Waals surface area (Å²) in [5.41, 5.74) is 1.81. The number of halogens is 1. The van der Waals surface area contributed by atoms with Gasteiger partial charge in [0.25, 0.3) is 0 Å². The first-order chi connectivity index (χ1) is 14.2. The molecule has 1 aromatic rings. The summed E-state index contributed by atoms with van der Waals surface area (Å²) < 4.78 is 13.9. The van der Waals surface area contributed by atoms with Crippen LogP contribution in [-0.4, -0.2) is 31.3 Å². The molecule has 0 bridgehead atoms. The van der Waals surface area contributed by atoms with E-state index >= 15 is 0 Å². The van der Waals surface area contributed by atoms with Crippen molar-refractivity contribution in [2.45, 2.75) is 71.5 Å². The highest BCUT2D eigenvalue weighted by atomic mass is 19.1. The molecule has 1 aromatic carbocycles. The molecule has 0 saturated heterocycles. The monoisotopic (exact) mass is 399 g/mol. The van der Waals surface area contributed by atoms with Crippen LogP contribution in [0.1, 0.15) is 64.4 Å². The topological polar surface area (TPSA) is 27.3 Å². The van der Waals surface area contributed by atoms with Crippen molar-refractivity contribution < 1.29 is 4.39 Å². The van der Waals surface area contributed by atoms with E-state index < -0.39 is 0 Å². The lowest BCUT2D eigenvalue weighted by molar-refractivity contribution is 0.204. The molecule has 0 aliphatic heterocycles. The third-order valence-electron chi connectivity index (χ3n) is 5.61. The molecule has 2 N–H and O–H groups in total. The maximum atomic E-state index is 13.9. The molecule has 160 valence electrons. The largest absolute Gasteiger partial charge is 0.300 e. The molecule has 0 spiro atoms. The number of nitrogens with zero attached hydrogens (tertiary/aromatic N) is 1. The second-order valence-corrected chi connectivity index (χ2v) is 8.04. The molecular formula is C25H38FN3. The minimum Gasteiger partial charge on any atom is -0.300 e. The van der Waals surface area contributed by atoms with Crippen LogP contribution in [0.2, 0.25) is 0 Å². The normalized spacial score (nSPS) is 16.5. The highest BCUT2D eigenvalue weighted by Gasteiger charge is 2.20. The number of hydrogen-bond donors (Lipinski definition) is 2. The van der Waals surface area contributed by atoms with Crippen molar-refractivity contribution in [3.63, 3.8) is 0 Å². The van der Waals surface area contributed by atoms with Crippen molar-refractivity contribution >= 4 is 0 Å². The summed E-state index contributed by atoms with van der Waals surface area (Å²) in [5, 5.41) is 7.15. The maximum Gasteiger partial charge on any atom is 0.127 e. The lowest BCUT2D eigenvalue weighted by Gasteiger charge is -2.32. The van der Waals surface area contributed by atoms with Gasteiger partial charge in [-0.25, -0.2) is 4.39 Å². The van der Waals surface area contributed by atoms with E-state index in [1.54, 1.807) is 6.07 Å². The molecule has 1 aliphatic carbocycles. The molecule has 1 fully saturated rings. The molecule has 0 heterocycles. The van der Waals surface area contributed by atoms with Crippen LogP contribution in [0.5, 0.6) is 0 Å². The van der Waals surface area contributed by atoms with Crippen LogP contribution in [0, 0.1) is 23.6 Å². The molecule has 0 amide bonds. The van der Waals surface area contributed by atoms with Crippen LogP contribution in [0.15, 0.2) is 35.9 Å². The summed E-state index contributed by atoms with van der Waals surface area (Å²) in [6.07, 6.45) is 10.9. The molecule has 0 radical (unpaired) electrons. The van der Waals surface area contributed by atoms with Crippen LogP contribution >= 0.6 is 0 Å². The Balaban J connectivity index is 1.97. The summed E-state index contributed by atoms with van der Waals surface area (Å²) in [6.45, 7) is 6.41. The number of allylic oxidation sites excluding steroid dienone is 1. The van der Waals surface area contributed by atoms with Crippen LogP contribution in [0.3, 0.4) is 0 Å². The second kappa shape index (κ2) is 13.5. The maximum absolute atomic E-state index is 13.9. The van der Waals surface area contributed by atoms with Gasteiger partial charge in [-0.2, -0.15) is 0 Å². The molecule has 29 heavy (non-hydrogen) atoms. The third-order valence-corrected chi connectivity index (χ3v) is 5.61. The molecule has 3 nitrogen and oxygen atoms in total. The fourth-order valence-corrected chi connectivity index (χ4v) is 3.86. The Kier molecular flexibility index (Phi) is 11.0. The van der Waals surface area contributed by atoms with E-state index in [1.165, 1.54) is 38.2 Å². The summed E-state index contributed by atoms with van der Waals surface area (Å²) in [4.78, 5) is 2.24.